The lowest BCUT2D eigenvalue weighted by molar-refractivity contribution is -0.141. The highest BCUT2D eigenvalue weighted by Crippen LogP contribution is 2.43. The van der Waals surface area contributed by atoms with Crippen molar-refractivity contribution >= 4 is 17.4 Å². The predicted octanol–water partition coefficient (Wildman–Crippen LogP) is 4.84. The molecule has 30 heavy (non-hydrogen) atoms. The van der Waals surface area contributed by atoms with Gasteiger partial charge >= 0.3 is 0 Å². The molecule has 5 nitrogen and oxygen atoms in total. The van der Waals surface area contributed by atoms with Crippen molar-refractivity contribution in [2.45, 2.75) is 51.1 Å². The van der Waals surface area contributed by atoms with Crippen LogP contribution in [0.3, 0.4) is 0 Å². The number of likely N-dealkylation sites (tertiary alicyclic amines) is 1. The van der Waals surface area contributed by atoms with Gasteiger partial charge in [0.25, 0.3) is 11.7 Å². The fourth-order valence-corrected chi connectivity index (χ4v) is 4.48. The van der Waals surface area contributed by atoms with Gasteiger partial charge in [-0.05, 0) is 37.0 Å². The molecular formula is C25H27NO4. The molecule has 5 heteroatoms. The first kappa shape index (κ1) is 20.2. The highest BCUT2D eigenvalue weighted by molar-refractivity contribution is 6.46. The molecule has 0 aromatic heterocycles. The summed E-state index contributed by atoms with van der Waals surface area (Å²) < 4.78 is 5.67. The zero-order valence-electron chi connectivity index (χ0n) is 17.2. The van der Waals surface area contributed by atoms with Crippen LogP contribution in [-0.4, -0.2) is 34.3 Å². The van der Waals surface area contributed by atoms with Gasteiger partial charge in [0.2, 0.25) is 0 Å². The third-order valence-corrected chi connectivity index (χ3v) is 5.89. The molecule has 1 saturated heterocycles. The van der Waals surface area contributed by atoms with Gasteiger partial charge in [0.1, 0.15) is 11.5 Å². The first-order valence-electron chi connectivity index (χ1n) is 10.7. The van der Waals surface area contributed by atoms with E-state index in [4.69, 9.17) is 4.74 Å². The van der Waals surface area contributed by atoms with E-state index >= 15 is 0 Å². The van der Waals surface area contributed by atoms with E-state index in [0.29, 0.717) is 17.9 Å². The summed E-state index contributed by atoms with van der Waals surface area (Å²) in [4.78, 5) is 27.8. The lowest BCUT2D eigenvalue weighted by Crippen LogP contribution is -2.37. The van der Waals surface area contributed by atoms with Crippen LogP contribution >= 0.6 is 0 Å². The number of ether oxygens (including phenoxy) is 1. The van der Waals surface area contributed by atoms with E-state index < -0.39 is 17.7 Å². The number of aliphatic hydroxyl groups is 1. The summed E-state index contributed by atoms with van der Waals surface area (Å²) in [6.07, 6.45) is 4.74. The minimum Gasteiger partial charge on any atom is -0.507 e. The van der Waals surface area contributed by atoms with Crippen LogP contribution in [0.5, 0.6) is 5.75 Å². The standard InChI is InChI=1S/C25H27NO4/c1-2-15-30-20-14-8-11-18(16-20)23(27)21-22(17-9-4-3-5-10-17)26(25(29)24(21)28)19-12-6-7-13-19/h3-5,8-11,14,16,19,22,27H,2,6-7,12-13,15H2,1H3/b23-21-. The highest BCUT2D eigenvalue weighted by atomic mass is 16.5. The van der Waals surface area contributed by atoms with Crippen molar-refractivity contribution in [2.24, 2.45) is 0 Å². The SMILES string of the molecule is CCCOc1cccc(/C(O)=C2/C(=O)C(=O)N(C3CCCC3)C2c2ccccc2)c1. The maximum atomic E-state index is 13.1. The molecule has 2 aromatic carbocycles. The number of hydrogen-bond acceptors (Lipinski definition) is 4. The van der Waals surface area contributed by atoms with Crippen LogP contribution in [0.25, 0.3) is 5.76 Å². The van der Waals surface area contributed by atoms with Gasteiger partial charge in [-0.3, -0.25) is 9.59 Å². The zero-order valence-corrected chi connectivity index (χ0v) is 17.2. The monoisotopic (exact) mass is 405 g/mol. The summed E-state index contributed by atoms with van der Waals surface area (Å²) in [7, 11) is 0. The number of ketones is 1. The molecule has 2 fully saturated rings. The Morgan fingerprint density at radius 3 is 2.50 bits per heavy atom. The Bertz CT molecular complexity index is 960. The van der Waals surface area contributed by atoms with Gasteiger partial charge in [0.05, 0.1) is 18.2 Å². The van der Waals surface area contributed by atoms with Gasteiger partial charge < -0.3 is 14.7 Å². The number of carbonyl (C=O) groups is 2. The maximum absolute atomic E-state index is 13.1. The quantitative estimate of drug-likeness (QED) is 0.424. The third kappa shape index (κ3) is 3.72. The minimum absolute atomic E-state index is 0.0242. The van der Waals surface area contributed by atoms with E-state index in [-0.39, 0.29) is 17.4 Å². The molecule has 1 amide bonds. The second-order valence-electron chi connectivity index (χ2n) is 7.93. The summed E-state index contributed by atoms with van der Waals surface area (Å²) in [6, 6.07) is 16.0. The van der Waals surface area contributed by atoms with E-state index in [0.717, 1.165) is 37.7 Å². The molecule has 1 unspecified atom stereocenters. The van der Waals surface area contributed by atoms with Gasteiger partial charge in [-0.15, -0.1) is 0 Å². The first-order valence-corrected chi connectivity index (χ1v) is 10.7. The Kier molecular flexibility index (Phi) is 5.88. The van der Waals surface area contributed by atoms with E-state index in [1.54, 1.807) is 23.1 Å². The summed E-state index contributed by atoms with van der Waals surface area (Å²) in [5.74, 6) is -0.657. The molecule has 156 valence electrons. The van der Waals surface area contributed by atoms with Crippen LogP contribution in [0.1, 0.15) is 56.2 Å². The Hall–Kier alpha value is -3.08. The van der Waals surface area contributed by atoms with E-state index in [1.165, 1.54) is 0 Å². The number of aliphatic hydroxyl groups excluding tert-OH is 1. The number of benzene rings is 2. The molecule has 1 aliphatic heterocycles. The molecule has 2 aliphatic rings. The highest BCUT2D eigenvalue weighted by Gasteiger charge is 2.49. The molecule has 1 N–H and O–H groups in total. The minimum atomic E-state index is -0.617. The molecular weight excluding hydrogens is 378 g/mol. The molecule has 1 saturated carbocycles. The summed E-state index contributed by atoms with van der Waals surface area (Å²) in [5.41, 5.74) is 1.48. The zero-order chi connectivity index (χ0) is 21.1. The smallest absolute Gasteiger partial charge is 0.295 e. The topological polar surface area (TPSA) is 66.8 Å². The summed E-state index contributed by atoms with van der Waals surface area (Å²) >= 11 is 0. The third-order valence-electron chi connectivity index (χ3n) is 5.89. The van der Waals surface area contributed by atoms with Crippen molar-refractivity contribution < 1.29 is 19.4 Å². The fraction of sp³-hybridized carbons (Fsp3) is 0.360. The lowest BCUT2D eigenvalue weighted by atomic mass is 9.94. The summed E-state index contributed by atoms with van der Waals surface area (Å²) in [5, 5.41) is 11.2. The predicted molar refractivity (Wildman–Crippen MR) is 115 cm³/mol. The van der Waals surface area contributed by atoms with Crippen LogP contribution in [0.15, 0.2) is 60.2 Å². The molecule has 0 radical (unpaired) electrons. The lowest BCUT2D eigenvalue weighted by Gasteiger charge is -2.30. The fourth-order valence-electron chi connectivity index (χ4n) is 4.48. The van der Waals surface area contributed by atoms with Crippen molar-refractivity contribution in [3.8, 4) is 5.75 Å². The number of amides is 1. The number of hydrogen-bond donors (Lipinski definition) is 1. The van der Waals surface area contributed by atoms with Crippen molar-refractivity contribution in [2.75, 3.05) is 6.61 Å². The Balaban J connectivity index is 1.81. The van der Waals surface area contributed by atoms with Crippen molar-refractivity contribution in [1.82, 2.24) is 4.90 Å². The van der Waals surface area contributed by atoms with E-state index in [9.17, 15) is 14.7 Å². The van der Waals surface area contributed by atoms with Gasteiger partial charge in [-0.25, -0.2) is 0 Å². The molecule has 1 aliphatic carbocycles. The first-order chi connectivity index (χ1) is 14.6. The Morgan fingerprint density at radius 2 is 1.80 bits per heavy atom. The van der Waals surface area contributed by atoms with Crippen LogP contribution in [0.2, 0.25) is 0 Å². The second kappa shape index (κ2) is 8.74. The molecule has 2 aromatic rings. The number of Topliss-reactive ketones (excluding diaryl/α,β-unsaturated/α-hetero) is 1. The number of rotatable bonds is 6. The number of carbonyl (C=O) groups excluding carboxylic acids is 2. The average Bonchev–Trinajstić information content (AvgIpc) is 3.39. The number of nitrogens with zero attached hydrogens (tertiary/aromatic N) is 1. The van der Waals surface area contributed by atoms with Gasteiger partial charge in [0.15, 0.2) is 0 Å². The van der Waals surface area contributed by atoms with Crippen LogP contribution < -0.4 is 4.74 Å². The Labute approximate surface area is 177 Å². The summed E-state index contributed by atoms with van der Waals surface area (Å²) in [6.45, 7) is 2.59. The van der Waals surface area contributed by atoms with Crippen LogP contribution in [-0.2, 0) is 9.59 Å². The van der Waals surface area contributed by atoms with Crippen molar-refractivity contribution in [1.29, 1.82) is 0 Å². The largest absolute Gasteiger partial charge is 0.507 e. The molecule has 0 bridgehead atoms. The van der Waals surface area contributed by atoms with Crippen LogP contribution in [0.4, 0.5) is 0 Å². The maximum Gasteiger partial charge on any atom is 0.295 e. The van der Waals surface area contributed by atoms with Crippen LogP contribution in [0, 0.1) is 0 Å². The van der Waals surface area contributed by atoms with Gasteiger partial charge in [0, 0.05) is 11.6 Å². The van der Waals surface area contributed by atoms with E-state index in [2.05, 4.69) is 0 Å². The van der Waals surface area contributed by atoms with Crippen molar-refractivity contribution in [3.63, 3.8) is 0 Å². The van der Waals surface area contributed by atoms with Crippen molar-refractivity contribution in [3.05, 3.63) is 71.3 Å². The molecule has 4 rings (SSSR count). The second-order valence-corrected chi connectivity index (χ2v) is 7.93. The van der Waals surface area contributed by atoms with Gasteiger partial charge in [-0.1, -0.05) is 62.2 Å². The van der Waals surface area contributed by atoms with E-state index in [1.807, 2.05) is 43.3 Å². The average molecular weight is 405 g/mol. The Morgan fingerprint density at radius 1 is 1.07 bits per heavy atom. The normalized spacial score (nSPS) is 21.4. The molecule has 1 atom stereocenters. The van der Waals surface area contributed by atoms with Gasteiger partial charge in [-0.2, -0.15) is 0 Å². The molecule has 0 spiro atoms. The molecule has 1 heterocycles.